The van der Waals surface area contributed by atoms with Gasteiger partial charge in [0.25, 0.3) is 0 Å². The van der Waals surface area contributed by atoms with Gasteiger partial charge in [0.2, 0.25) is 5.91 Å². The highest BCUT2D eigenvalue weighted by atomic mass is 32.1. The molecular weight excluding hydrogens is 346 g/mol. The fourth-order valence-corrected chi connectivity index (χ4v) is 4.53. The topological polar surface area (TPSA) is 74.1 Å². The van der Waals surface area contributed by atoms with Crippen LogP contribution in [0.3, 0.4) is 0 Å². The van der Waals surface area contributed by atoms with Crippen molar-refractivity contribution in [2.45, 2.75) is 39.2 Å². The Morgan fingerprint density at radius 1 is 1.50 bits per heavy atom. The van der Waals surface area contributed by atoms with Crippen molar-refractivity contribution in [2.24, 2.45) is 0 Å². The zero-order chi connectivity index (χ0) is 18.7. The Morgan fingerprint density at radius 2 is 2.31 bits per heavy atom. The fourth-order valence-electron chi connectivity index (χ4n) is 3.35. The van der Waals surface area contributed by atoms with Gasteiger partial charge in [-0.15, -0.1) is 11.3 Å². The molecule has 0 saturated heterocycles. The van der Waals surface area contributed by atoms with Crippen molar-refractivity contribution < 1.29 is 9.53 Å². The number of carbonyl (C=O) groups is 1. The maximum absolute atomic E-state index is 12.6. The highest BCUT2D eigenvalue weighted by Crippen LogP contribution is 2.35. The lowest BCUT2D eigenvalue weighted by Gasteiger charge is -2.16. The minimum atomic E-state index is -0.0795. The quantitative estimate of drug-likeness (QED) is 0.842. The number of aryl methyl sites for hydroxylation is 1. The molecule has 26 heavy (non-hydrogen) atoms. The minimum absolute atomic E-state index is 0.0200. The van der Waals surface area contributed by atoms with E-state index in [1.165, 1.54) is 11.3 Å². The number of nitrogens with one attached hydrogen (secondary N) is 2. The second-order valence-electron chi connectivity index (χ2n) is 6.65. The second-order valence-corrected chi connectivity index (χ2v) is 7.75. The molecule has 1 aliphatic rings. The first-order chi connectivity index (χ1) is 12.5. The summed E-state index contributed by atoms with van der Waals surface area (Å²) in [5, 5.41) is 16.4. The van der Waals surface area contributed by atoms with Crippen LogP contribution in [0.25, 0.3) is 0 Å². The Bertz CT molecular complexity index is 867. The van der Waals surface area contributed by atoms with Gasteiger partial charge in [-0.1, -0.05) is 24.6 Å². The number of nitriles is 1. The molecule has 0 bridgehead atoms. The van der Waals surface area contributed by atoms with Crippen LogP contribution in [-0.2, 0) is 17.8 Å². The minimum Gasteiger partial charge on any atom is -0.496 e. The first kappa shape index (κ1) is 18.4. The van der Waals surface area contributed by atoms with E-state index in [0.717, 1.165) is 46.8 Å². The molecule has 0 aliphatic carbocycles. The van der Waals surface area contributed by atoms with E-state index in [2.05, 4.69) is 22.8 Å². The van der Waals surface area contributed by atoms with E-state index < -0.39 is 0 Å². The number of methoxy groups -OCH3 is 1. The van der Waals surface area contributed by atoms with E-state index in [4.69, 9.17) is 4.74 Å². The Kier molecular flexibility index (Phi) is 5.60. The van der Waals surface area contributed by atoms with Gasteiger partial charge in [0.1, 0.15) is 16.8 Å². The SMILES string of the molecule is COc1ccc(C)cc1C(C)CC(=O)Nc1sc2c(c1C#N)CCNC2. The largest absolute Gasteiger partial charge is 0.496 e. The third kappa shape index (κ3) is 3.74. The molecule has 0 radical (unpaired) electrons. The van der Waals surface area contributed by atoms with E-state index in [1.807, 2.05) is 26.0 Å². The number of thiophene rings is 1. The van der Waals surface area contributed by atoms with Crippen molar-refractivity contribution in [3.05, 3.63) is 45.3 Å². The van der Waals surface area contributed by atoms with Crippen LogP contribution in [0.1, 0.15) is 46.4 Å². The molecule has 0 spiro atoms. The van der Waals surface area contributed by atoms with E-state index >= 15 is 0 Å². The van der Waals surface area contributed by atoms with Crippen LogP contribution in [0.4, 0.5) is 5.00 Å². The monoisotopic (exact) mass is 369 g/mol. The van der Waals surface area contributed by atoms with Crippen molar-refractivity contribution >= 4 is 22.2 Å². The summed E-state index contributed by atoms with van der Waals surface area (Å²) < 4.78 is 5.43. The predicted octanol–water partition coefficient (Wildman–Crippen LogP) is 3.71. The second kappa shape index (κ2) is 7.90. The highest BCUT2D eigenvalue weighted by molar-refractivity contribution is 7.16. The Hall–Kier alpha value is -2.36. The number of benzene rings is 1. The fraction of sp³-hybridized carbons (Fsp3) is 0.400. The van der Waals surface area contributed by atoms with Gasteiger partial charge >= 0.3 is 0 Å². The number of fused-ring (bicyclic) bond motifs is 1. The zero-order valence-corrected chi connectivity index (χ0v) is 16.1. The molecule has 1 aliphatic heterocycles. The van der Waals surface area contributed by atoms with Crippen LogP contribution in [0.15, 0.2) is 18.2 Å². The molecule has 6 heteroatoms. The number of nitrogens with zero attached hydrogens (tertiary/aromatic N) is 1. The van der Waals surface area contributed by atoms with Crippen LogP contribution >= 0.6 is 11.3 Å². The van der Waals surface area contributed by atoms with E-state index in [-0.39, 0.29) is 11.8 Å². The molecule has 0 fully saturated rings. The maximum atomic E-state index is 12.6. The lowest BCUT2D eigenvalue weighted by Crippen LogP contribution is -2.22. The first-order valence-electron chi connectivity index (χ1n) is 8.73. The zero-order valence-electron chi connectivity index (χ0n) is 15.3. The molecule has 136 valence electrons. The maximum Gasteiger partial charge on any atom is 0.225 e. The number of rotatable bonds is 5. The molecule has 1 atom stereocenters. The van der Waals surface area contributed by atoms with Crippen LogP contribution in [0.5, 0.6) is 5.75 Å². The molecule has 2 aromatic rings. The number of hydrogen-bond donors (Lipinski definition) is 2. The first-order valence-corrected chi connectivity index (χ1v) is 9.54. The average Bonchev–Trinajstić information content (AvgIpc) is 2.98. The van der Waals surface area contributed by atoms with Crippen molar-refractivity contribution in [3.8, 4) is 11.8 Å². The molecule has 1 amide bonds. The lowest BCUT2D eigenvalue weighted by atomic mass is 9.95. The molecule has 1 aromatic heterocycles. The molecule has 2 heterocycles. The van der Waals surface area contributed by atoms with Gasteiger partial charge in [-0.25, -0.2) is 0 Å². The summed E-state index contributed by atoms with van der Waals surface area (Å²) in [6.07, 6.45) is 1.17. The molecular formula is C20H23N3O2S. The highest BCUT2D eigenvalue weighted by Gasteiger charge is 2.22. The van der Waals surface area contributed by atoms with Gasteiger partial charge in [0.05, 0.1) is 12.7 Å². The number of ether oxygens (including phenoxy) is 1. The van der Waals surface area contributed by atoms with Gasteiger partial charge in [0, 0.05) is 17.8 Å². The molecule has 1 aromatic carbocycles. The Balaban J connectivity index is 1.75. The molecule has 2 N–H and O–H groups in total. The van der Waals surface area contributed by atoms with Crippen LogP contribution in [-0.4, -0.2) is 19.6 Å². The predicted molar refractivity (Wildman–Crippen MR) is 104 cm³/mol. The summed E-state index contributed by atoms with van der Waals surface area (Å²) in [4.78, 5) is 13.7. The normalized spacial score (nSPS) is 14.2. The lowest BCUT2D eigenvalue weighted by molar-refractivity contribution is -0.116. The molecule has 3 rings (SSSR count). The Labute approximate surface area is 158 Å². The molecule has 1 unspecified atom stereocenters. The van der Waals surface area contributed by atoms with E-state index in [0.29, 0.717) is 17.0 Å². The molecule has 0 saturated carbocycles. The number of hydrogen-bond acceptors (Lipinski definition) is 5. The number of anilines is 1. The summed E-state index contributed by atoms with van der Waals surface area (Å²) in [6.45, 7) is 5.68. The number of carbonyl (C=O) groups excluding carboxylic acids is 1. The van der Waals surface area contributed by atoms with Crippen LogP contribution < -0.4 is 15.4 Å². The summed E-state index contributed by atoms with van der Waals surface area (Å²) >= 11 is 1.51. The van der Waals surface area contributed by atoms with Gasteiger partial charge in [-0.3, -0.25) is 4.79 Å². The van der Waals surface area contributed by atoms with Crippen LogP contribution in [0, 0.1) is 18.3 Å². The van der Waals surface area contributed by atoms with Crippen molar-refractivity contribution in [1.82, 2.24) is 5.32 Å². The third-order valence-electron chi connectivity index (χ3n) is 4.70. The summed E-state index contributed by atoms with van der Waals surface area (Å²) in [5.74, 6) is 0.738. The number of amides is 1. The summed E-state index contributed by atoms with van der Waals surface area (Å²) in [6, 6.07) is 8.27. The average molecular weight is 369 g/mol. The van der Waals surface area contributed by atoms with Gasteiger partial charge < -0.3 is 15.4 Å². The third-order valence-corrected chi connectivity index (χ3v) is 5.85. The van der Waals surface area contributed by atoms with Crippen molar-refractivity contribution in [3.63, 3.8) is 0 Å². The van der Waals surface area contributed by atoms with Crippen molar-refractivity contribution in [2.75, 3.05) is 19.0 Å². The summed E-state index contributed by atoms with van der Waals surface area (Å²) in [7, 11) is 1.64. The Morgan fingerprint density at radius 3 is 3.04 bits per heavy atom. The van der Waals surface area contributed by atoms with Crippen molar-refractivity contribution in [1.29, 1.82) is 5.26 Å². The smallest absolute Gasteiger partial charge is 0.225 e. The van der Waals surface area contributed by atoms with E-state index in [9.17, 15) is 10.1 Å². The van der Waals surface area contributed by atoms with Gasteiger partial charge in [0.15, 0.2) is 0 Å². The molecule has 5 nitrogen and oxygen atoms in total. The standard InChI is InChI=1S/C20H23N3O2S/c1-12-4-5-17(25-3)15(8-12)13(2)9-19(24)23-20-16(10-21)14-6-7-22-11-18(14)26-20/h4-5,8,13,22H,6-7,9,11H2,1-3H3,(H,23,24). The van der Waals surface area contributed by atoms with E-state index in [1.54, 1.807) is 7.11 Å². The van der Waals surface area contributed by atoms with Crippen LogP contribution in [0.2, 0.25) is 0 Å². The van der Waals surface area contributed by atoms with Gasteiger partial charge in [-0.05, 0) is 43.0 Å². The van der Waals surface area contributed by atoms with Gasteiger partial charge in [-0.2, -0.15) is 5.26 Å². The summed E-state index contributed by atoms with van der Waals surface area (Å²) in [5.41, 5.74) is 3.87.